The highest BCUT2D eigenvalue weighted by Gasteiger charge is 2.23. The summed E-state index contributed by atoms with van der Waals surface area (Å²) in [5.41, 5.74) is 0. The number of hydrogen-bond donors (Lipinski definition) is 3. The van der Waals surface area contributed by atoms with E-state index in [2.05, 4.69) is 5.16 Å². The molecule has 1 heterocycles. The Hall–Kier alpha value is -1.84. The number of imide groups is 1. The molecule has 0 aromatic carbocycles. The number of carbonyl (C=O) groups excluding carboxylic acids is 2. The van der Waals surface area contributed by atoms with Gasteiger partial charge in [0.15, 0.2) is 0 Å². The summed E-state index contributed by atoms with van der Waals surface area (Å²) in [5.74, 6) is -0.562. The van der Waals surface area contributed by atoms with Gasteiger partial charge in [0.2, 0.25) is 0 Å². The number of alkyl halides is 1. The van der Waals surface area contributed by atoms with Crippen LogP contribution in [0, 0.1) is 0 Å². The summed E-state index contributed by atoms with van der Waals surface area (Å²) < 4.78 is 12.1. The van der Waals surface area contributed by atoms with Gasteiger partial charge in [-0.15, -0.1) is 0 Å². The van der Waals surface area contributed by atoms with Crippen molar-refractivity contribution >= 4 is 18.0 Å². The lowest BCUT2D eigenvalue weighted by Crippen LogP contribution is -2.39. The summed E-state index contributed by atoms with van der Waals surface area (Å²) in [7, 11) is 0. The molecule has 2 amide bonds. The summed E-state index contributed by atoms with van der Waals surface area (Å²) in [5, 5.41) is 31.1. The summed E-state index contributed by atoms with van der Waals surface area (Å²) in [6.07, 6.45) is 1.57. The maximum atomic E-state index is 12.1. The fraction of sp³-hybridized carbons (Fsp3) is 0.667. The fourth-order valence-corrected chi connectivity index (χ4v) is 2.01. The second-order valence-electron chi connectivity index (χ2n) is 5.37. The fourth-order valence-electron chi connectivity index (χ4n) is 2.01. The number of amides is 2. The molecule has 0 bridgehead atoms. The van der Waals surface area contributed by atoms with E-state index < -0.39 is 25.0 Å². The third kappa shape index (κ3) is 6.73. The van der Waals surface area contributed by atoms with Crippen LogP contribution in [-0.2, 0) is 14.4 Å². The highest BCUT2D eigenvalue weighted by Crippen LogP contribution is 2.07. The molecule has 1 aliphatic rings. The topological polar surface area (TPSA) is 120 Å². The Morgan fingerprint density at radius 3 is 2.38 bits per heavy atom. The van der Waals surface area contributed by atoms with Gasteiger partial charge in [-0.25, -0.2) is 4.39 Å². The van der Waals surface area contributed by atoms with E-state index in [9.17, 15) is 24.2 Å². The minimum absolute atomic E-state index is 0.281. The van der Waals surface area contributed by atoms with Crippen molar-refractivity contribution in [3.05, 3.63) is 12.2 Å². The average Bonchev–Trinajstić information content (AvgIpc) is 2.90. The molecule has 0 saturated heterocycles. The molecular formula is C15H23FN2O6. The second-order valence-corrected chi connectivity index (χ2v) is 5.37. The van der Waals surface area contributed by atoms with Crippen LogP contribution in [0.25, 0.3) is 0 Å². The molecule has 0 radical (unpaired) electrons. The van der Waals surface area contributed by atoms with Crippen LogP contribution in [0.5, 0.6) is 0 Å². The smallest absolute Gasteiger partial charge is 0.253 e. The predicted molar refractivity (Wildman–Crippen MR) is 82.8 cm³/mol. The maximum absolute atomic E-state index is 12.1. The Kier molecular flexibility index (Phi) is 9.13. The minimum atomic E-state index is -1.67. The van der Waals surface area contributed by atoms with Crippen LogP contribution in [0.4, 0.5) is 4.39 Å². The van der Waals surface area contributed by atoms with Gasteiger partial charge in [-0.3, -0.25) is 14.5 Å². The van der Waals surface area contributed by atoms with Crippen LogP contribution in [0.15, 0.2) is 17.3 Å². The van der Waals surface area contributed by atoms with Gasteiger partial charge < -0.3 is 20.2 Å². The highest BCUT2D eigenvalue weighted by atomic mass is 19.1. The van der Waals surface area contributed by atoms with E-state index >= 15 is 0 Å². The molecule has 3 N–H and O–H groups in total. The Bertz CT molecular complexity index is 453. The van der Waals surface area contributed by atoms with Gasteiger partial charge in [0.05, 0.1) is 6.21 Å². The molecule has 0 aromatic rings. The van der Waals surface area contributed by atoms with Crippen molar-refractivity contribution in [2.45, 2.75) is 44.0 Å². The zero-order chi connectivity index (χ0) is 17.9. The summed E-state index contributed by atoms with van der Waals surface area (Å²) >= 11 is 0. The number of aliphatic hydroxyl groups excluding tert-OH is 3. The molecule has 0 spiro atoms. The SMILES string of the molecule is O=C1C=CC(=O)N1CCCCCCO/N=C/[C@H](O)[C@H](O)[C@H](O)CF. The van der Waals surface area contributed by atoms with E-state index in [4.69, 9.17) is 9.94 Å². The van der Waals surface area contributed by atoms with Gasteiger partial charge in [0.25, 0.3) is 11.8 Å². The second kappa shape index (κ2) is 10.8. The lowest BCUT2D eigenvalue weighted by molar-refractivity contribution is -0.136. The molecule has 8 nitrogen and oxygen atoms in total. The molecule has 0 aliphatic carbocycles. The number of halogens is 1. The molecule has 1 aliphatic heterocycles. The molecule has 1 rings (SSSR count). The van der Waals surface area contributed by atoms with E-state index in [0.717, 1.165) is 19.1 Å². The first-order valence-corrected chi connectivity index (χ1v) is 7.76. The first kappa shape index (κ1) is 20.2. The van der Waals surface area contributed by atoms with Gasteiger partial charge in [0.1, 0.15) is 31.6 Å². The van der Waals surface area contributed by atoms with Crippen molar-refractivity contribution in [3.8, 4) is 0 Å². The molecule has 0 unspecified atom stereocenters. The Balaban J connectivity index is 2.01. The largest absolute Gasteiger partial charge is 0.396 e. The number of unbranched alkanes of at least 4 members (excludes halogenated alkanes) is 3. The summed E-state index contributed by atoms with van der Waals surface area (Å²) in [6.45, 7) is -0.490. The zero-order valence-electron chi connectivity index (χ0n) is 13.3. The van der Waals surface area contributed by atoms with Crippen LogP contribution >= 0.6 is 0 Å². The predicted octanol–water partition coefficient (Wildman–Crippen LogP) is -0.474. The number of carbonyl (C=O) groups is 2. The van der Waals surface area contributed by atoms with Gasteiger partial charge in [-0.1, -0.05) is 11.6 Å². The van der Waals surface area contributed by atoms with Crippen LogP contribution < -0.4 is 0 Å². The Labute approximate surface area is 139 Å². The number of hydrogen-bond acceptors (Lipinski definition) is 7. The van der Waals surface area contributed by atoms with Crippen molar-refractivity contribution in [2.75, 3.05) is 19.8 Å². The van der Waals surface area contributed by atoms with E-state index in [1.165, 1.54) is 17.1 Å². The monoisotopic (exact) mass is 346 g/mol. The summed E-state index contributed by atoms with van der Waals surface area (Å²) in [4.78, 5) is 28.7. The Morgan fingerprint density at radius 1 is 1.12 bits per heavy atom. The van der Waals surface area contributed by atoms with Crippen molar-refractivity contribution in [1.82, 2.24) is 4.90 Å². The van der Waals surface area contributed by atoms with Crippen LogP contribution in [0.2, 0.25) is 0 Å². The minimum Gasteiger partial charge on any atom is -0.396 e. The van der Waals surface area contributed by atoms with Crippen LogP contribution in [-0.4, -0.2) is 76.4 Å². The Morgan fingerprint density at radius 2 is 1.75 bits per heavy atom. The van der Waals surface area contributed by atoms with Crippen LogP contribution in [0.1, 0.15) is 25.7 Å². The first-order valence-electron chi connectivity index (χ1n) is 7.76. The van der Waals surface area contributed by atoms with Crippen molar-refractivity contribution in [2.24, 2.45) is 5.16 Å². The third-order valence-corrected chi connectivity index (χ3v) is 3.46. The lowest BCUT2D eigenvalue weighted by Gasteiger charge is -2.17. The van der Waals surface area contributed by atoms with Crippen LogP contribution in [0.3, 0.4) is 0 Å². The molecular weight excluding hydrogens is 323 g/mol. The third-order valence-electron chi connectivity index (χ3n) is 3.46. The lowest BCUT2D eigenvalue weighted by atomic mass is 10.1. The number of aliphatic hydroxyl groups is 3. The van der Waals surface area contributed by atoms with E-state index in [1.54, 1.807) is 0 Å². The maximum Gasteiger partial charge on any atom is 0.253 e. The highest BCUT2D eigenvalue weighted by molar-refractivity contribution is 6.12. The van der Waals surface area contributed by atoms with Crippen molar-refractivity contribution in [1.29, 1.82) is 0 Å². The zero-order valence-corrected chi connectivity index (χ0v) is 13.3. The standard InChI is InChI=1S/C15H23FN2O6/c16-9-11(19)15(23)12(20)10-17-24-8-4-2-1-3-7-18-13(21)5-6-14(18)22/h5-6,10-12,15,19-20,23H,1-4,7-9H2/b17-10+/t11-,12+,15-/m1/s1. The number of rotatable bonds is 12. The quantitative estimate of drug-likeness (QED) is 0.190. The molecule has 0 fully saturated rings. The van der Waals surface area contributed by atoms with E-state index in [1.807, 2.05) is 0 Å². The van der Waals surface area contributed by atoms with Crippen molar-refractivity contribution < 1.29 is 34.1 Å². The van der Waals surface area contributed by atoms with Gasteiger partial charge >= 0.3 is 0 Å². The van der Waals surface area contributed by atoms with E-state index in [0.29, 0.717) is 19.4 Å². The number of nitrogens with zero attached hydrogens (tertiary/aromatic N) is 2. The normalized spacial score (nSPS) is 18.4. The van der Waals surface area contributed by atoms with Gasteiger partial charge in [-0.05, 0) is 19.3 Å². The average molecular weight is 346 g/mol. The molecule has 136 valence electrons. The molecule has 24 heavy (non-hydrogen) atoms. The summed E-state index contributed by atoms with van der Waals surface area (Å²) in [6, 6.07) is 0. The van der Waals surface area contributed by atoms with E-state index in [-0.39, 0.29) is 18.4 Å². The molecule has 9 heteroatoms. The first-order chi connectivity index (χ1) is 11.5. The number of oxime groups is 1. The van der Waals surface area contributed by atoms with Crippen molar-refractivity contribution in [3.63, 3.8) is 0 Å². The van der Waals surface area contributed by atoms with Gasteiger partial charge in [0, 0.05) is 18.7 Å². The molecule has 0 saturated carbocycles. The molecule has 0 aromatic heterocycles. The molecule has 3 atom stereocenters. The van der Waals surface area contributed by atoms with Gasteiger partial charge in [-0.2, -0.15) is 0 Å².